The van der Waals surface area contributed by atoms with E-state index in [1.54, 1.807) is 0 Å². The van der Waals surface area contributed by atoms with Crippen LogP contribution in [0, 0.1) is 5.92 Å². The minimum Gasteiger partial charge on any atom is -0.325 e. The second-order valence-electron chi connectivity index (χ2n) is 5.89. The molecule has 4 rings (SSSR count). The Morgan fingerprint density at radius 2 is 2.26 bits per heavy atom. The molecule has 3 heterocycles. The van der Waals surface area contributed by atoms with E-state index < -0.39 is 0 Å². The van der Waals surface area contributed by atoms with Crippen LogP contribution in [0.5, 0.6) is 0 Å². The number of aromatic nitrogens is 3. The van der Waals surface area contributed by atoms with Crippen LogP contribution in [0.2, 0.25) is 0 Å². The number of nitrogens with zero attached hydrogens (tertiary/aromatic N) is 3. The van der Waals surface area contributed by atoms with E-state index in [0.29, 0.717) is 6.04 Å². The Balaban J connectivity index is 1.62. The first-order valence-electron chi connectivity index (χ1n) is 7.43. The largest absolute Gasteiger partial charge is 0.325 e. The van der Waals surface area contributed by atoms with Crippen LogP contribution in [-0.2, 0) is 6.42 Å². The van der Waals surface area contributed by atoms with Crippen molar-refractivity contribution in [2.24, 2.45) is 5.92 Å². The van der Waals surface area contributed by atoms with Crippen molar-refractivity contribution < 1.29 is 0 Å². The van der Waals surface area contributed by atoms with Gasteiger partial charge in [0.1, 0.15) is 11.3 Å². The molecule has 0 aromatic carbocycles. The third-order valence-corrected chi connectivity index (χ3v) is 4.42. The van der Waals surface area contributed by atoms with Crippen LogP contribution in [0.4, 0.5) is 0 Å². The van der Waals surface area contributed by atoms with Gasteiger partial charge in [0.25, 0.3) is 0 Å². The average Bonchev–Trinajstić information content (AvgIpc) is 3.02. The van der Waals surface area contributed by atoms with Gasteiger partial charge in [-0.1, -0.05) is 0 Å². The lowest BCUT2D eigenvalue weighted by Gasteiger charge is -2.10. The third-order valence-electron chi connectivity index (χ3n) is 4.42. The molecule has 4 nitrogen and oxygen atoms in total. The highest BCUT2D eigenvalue weighted by Crippen LogP contribution is 2.38. The molecule has 19 heavy (non-hydrogen) atoms. The minimum absolute atomic E-state index is 0.698. The van der Waals surface area contributed by atoms with E-state index in [1.807, 2.05) is 12.4 Å². The fraction of sp³-hybridized carbons (Fsp3) is 0.600. The number of fused-ring (bicyclic) bond motifs is 1. The van der Waals surface area contributed by atoms with Crippen LogP contribution in [0.1, 0.15) is 37.5 Å². The van der Waals surface area contributed by atoms with E-state index >= 15 is 0 Å². The van der Waals surface area contributed by atoms with Crippen LogP contribution in [-0.4, -0.2) is 27.6 Å². The molecule has 1 saturated heterocycles. The number of nitrogens with one attached hydrogen (secondary N) is 1. The zero-order chi connectivity index (χ0) is 12.7. The number of rotatable bonds is 4. The molecule has 2 fully saturated rings. The summed E-state index contributed by atoms with van der Waals surface area (Å²) in [6.45, 7) is 2.37. The molecular weight excluding hydrogens is 236 g/mol. The van der Waals surface area contributed by atoms with Gasteiger partial charge in [-0.05, 0) is 50.8 Å². The van der Waals surface area contributed by atoms with E-state index in [-0.39, 0.29) is 0 Å². The number of pyridine rings is 1. The van der Waals surface area contributed by atoms with Crippen LogP contribution in [0.15, 0.2) is 18.5 Å². The highest BCUT2D eigenvalue weighted by Gasteiger charge is 2.28. The van der Waals surface area contributed by atoms with Crippen LogP contribution in [0.25, 0.3) is 11.0 Å². The summed E-state index contributed by atoms with van der Waals surface area (Å²) in [6, 6.07) is 2.81. The first kappa shape index (κ1) is 11.4. The second-order valence-corrected chi connectivity index (χ2v) is 5.89. The predicted molar refractivity (Wildman–Crippen MR) is 75.1 cm³/mol. The Labute approximate surface area is 113 Å². The van der Waals surface area contributed by atoms with Crippen LogP contribution in [0.3, 0.4) is 0 Å². The topological polar surface area (TPSA) is 42.7 Å². The predicted octanol–water partition coefficient (Wildman–Crippen LogP) is 2.31. The summed E-state index contributed by atoms with van der Waals surface area (Å²) >= 11 is 0. The average molecular weight is 256 g/mol. The lowest BCUT2D eigenvalue weighted by molar-refractivity contribution is 0.515. The van der Waals surface area contributed by atoms with E-state index in [9.17, 15) is 0 Å². The Kier molecular flexibility index (Phi) is 2.76. The summed E-state index contributed by atoms with van der Waals surface area (Å²) < 4.78 is 2.47. The summed E-state index contributed by atoms with van der Waals surface area (Å²) in [5, 5.41) is 3.45. The van der Waals surface area contributed by atoms with Crippen LogP contribution < -0.4 is 5.32 Å². The fourth-order valence-corrected chi connectivity index (χ4v) is 3.21. The molecule has 1 unspecified atom stereocenters. The Bertz CT molecular complexity index is 579. The van der Waals surface area contributed by atoms with Gasteiger partial charge in [-0.3, -0.25) is 4.98 Å². The molecule has 4 heteroatoms. The van der Waals surface area contributed by atoms with Gasteiger partial charge in [-0.15, -0.1) is 0 Å². The van der Waals surface area contributed by atoms with Crippen molar-refractivity contribution in [1.82, 2.24) is 19.9 Å². The summed E-state index contributed by atoms with van der Waals surface area (Å²) in [6.07, 6.45) is 10.1. The van der Waals surface area contributed by atoms with E-state index in [4.69, 9.17) is 4.98 Å². The smallest absolute Gasteiger partial charge is 0.110 e. The van der Waals surface area contributed by atoms with Crippen molar-refractivity contribution in [3.05, 3.63) is 24.3 Å². The van der Waals surface area contributed by atoms with E-state index in [2.05, 4.69) is 20.9 Å². The maximum Gasteiger partial charge on any atom is 0.110 e. The van der Waals surface area contributed by atoms with Gasteiger partial charge in [0, 0.05) is 18.7 Å². The Morgan fingerprint density at radius 1 is 1.32 bits per heavy atom. The molecule has 0 spiro atoms. The molecular formula is C15H20N4. The highest BCUT2D eigenvalue weighted by molar-refractivity contribution is 5.75. The Morgan fingerprint density at radius 3 is 3.05 bits per heavy atom. The maximum atomic E-state index is 4.81. The molecule has 1 aliphatic heterocycles. The molecule has 2 aromatic heterocycles. The molecule has 1 aliphatic carbocycles. The maximum absolute atomic E-state index is 4.81. The number of hydrogen-bond donors (Lipinski definition) is 1. The molecule has 2 aromatic rings. The van der Waals surface area contributed by atoms with Crippen molar-refractivity contribution in [1.29, 1.82) is 0 Å². The van der Waals surface area contributed by atoms with Crippen molar-refractivity contribution in [2.75, 3.05) is 13.1 Å². The first-order chi connectivity index (χ1) is 9.42. The Hall–Kier alpha value is -1.42. The van der Waals surface area contributed by atoms with Crippen molar-refractivity contribution in [3.63, 3.8) is 0 Å². The summed E-state index contributed by atoms with van der Waals surface area (Å²) in [4.78, 5) is 9.01. The SMILES string of the molecule is c1cc2c(cn1)nc(CCC1CCNC1)n2C1CC1. The van der Waals surface area contributed by atoms with Crippen molar-refractivity contribution >= 4 is 11.0 Å². The summed E-state index contributed by atoms with van der Waals surface area (Å²) in [7, 11) is 0. The van der Waals surface area contributed by atoms with E-state index in [0.717, 1.165) is 17.9 Å². The van der Waals surface area contributed by atoms with E-state index in [1.165, 1.54) is 50.1 Å². The summed E-state index contributed by atoms with van der Waals surface area (Å²) in [5.74, 6) is 2.11. The van der Waals surface area contributed by atoms with Gasteiger partial charge < -0.3 is 9.88 Å². The zero-order valence-corrected chi connectivity index (χ0v) is 11.2. The van der Waals surface area contributed by atoms with Gasteiger partial charge in [0.05, 0.1) is 11.7 Å². The van der Waals surface area contributed by atoms with Gasteiger partial charge in [0.15, 0.2) is 0 Å². The molecule has 2 aliphatic rings. The third kappa shape index (κ3) is 2.14. The zero-order valence-electron chi connectivity index (χ0n) is 11.2. The van der Waals surface area contributed by atoms with Crippen LogP contribution >= 0.6 is 0 Å². The highest BCUT2D eigenvalue weighted by atomic mass is 15.1. The normalized spacial score (nSPS) is 23.3. The molecule has 0 radical (unpaired) electrons. The van der Waals surface area contributed by atoms with Gasteiger partial charge in [0.2, 0.25) is 0 Å². The molecule has 1 saturated carbocycles. The standard InChI is InChI=1S/C15H20N4/c1(11-5-7-16-9-11)4-15-18-13-10-17-8-6-14(13)19(15)12-2-3-12/h6,8,10-12,16H,1-5,7,9H2. The first-order valence-corrected chi connectivity index (χ1v) is 7.43. The van der Waals surface area contributed by atoms with Gasteiger partial charge in [-0.25, -0.2) is 4.98 Å². The van der Waals surface area contributed by atoms with Crippen molar-refractivity contribution in [3.8, 4) is 0 Å². The fourth-order valence-electron chi connectivity index (χ4n) is 3.21. The number of hydrogen-bond acceptors (Lipinski definition) is 3. The van der Waals surface area contributed by atoms with Gasteiger partial charge >= 0.3 is 0 Å². The quantitative estimate of drug-likeness (QED) is 0.913. The summed E-state index contributed by atoms with van der Waals surface area (Å²) in [5.41, 5.74) is 2.34. The molecule has 1 atom stereocenters. The molecule has 0 amide bonds. The number of imidazole rings is 1. The number of aryl methyl sites for hydroxylation is 1. The lowest BCUT2D eigenvalue weighted by atomic mass is 10.0. The monoisotopic (exact) mass is 256 g/mol. The molecule has 1 N–H and O–H groups in total. The van der Waals surface area contributed by atoms with Gasteiger partial charge in [-0.2, -0.15) is 0 Å². The molecule has 0 bridgehead atoms. The second kappa shape index (κ2) is 4.60. The lowest BCUT2D eigenvalue weighted by Crippen LogP contribution is -2.11. The minimum atomic E-state index is 0.698. The van der Waals surface area contributed by atoms with Crippen molar-refractivity contribution in [2.45, 2.75) is 38.1 Å². The molecule has 100 valence electrons.